The highest BCUT2D eigenvalue weighted by atomic mass is 35.5. The Kier molecular flexibility index (Phi) is 2.85. The van der Waals surface area contributed by atoms with Crippen molar-refractivity contribution in [3.63, 3.8) is 0 Å². The Labute approximate surface area is 97.9 Å². The second kappa shape index (κ2) is 4.13. The summed E-state index contributed by atoms with van der Waals surface area (Å²) in [4.78, 5) is 12.1. The predicted molar refractivity (Wildman–Crippen MR) is 61.6 cm³/mol. The molecule has 3 N–H and O–H groups in total. The van der Waals surface area contributed by atoms with Crippen molar-refractivity contribution < 1.29 is 4.79 Å². The molecule has 0 bridgehead atoms. The first kappa shape index (κ1) is 10.3. The van der Waals surface area contributed by atoms with E-state index in [0.717, 1.165) is 11.3 Å². The van der Waals surface area contributed by atoms with Crippen molar-refractivity contribution in [1.82, 2.24) is 10.2 Å². The second-order valence-electron chi connectivity index (χ2n) is 2.50. The van der Waals surface area contributed by atoms with Gasteiger partial charge in [-0.2, -0.15) is 0 Å². The Hall–Kier alpha value is -1.18. The van der Waals surface area contributed by atoms with Crippen molar-refractivity contribution in [2.24, 2.45) is 0 Å². The lowest BCUT2D eigenvalue weighted by Crippen LogP contribution is -2.09. The maximum absolute atomic E-state index is 11.6. The molecule has 2 rings (SSSR count). The highest BCUT2D eigenvalue weighted by molar-refractivity contribution is 7.19. The van der Waals surface area contributed by atoms with Crippen LogP contribution in [-0.4, -0.2) is 16.1 Å². The monoisotopic (exact) mass is 260 g/mol. The Morgan fingerprint density at radius 3 is 2.73 bits per heavy atom. The molecule has 0 aromatic carbocycles. The lowest BCUT2D eigenvalue weighted by Gasteiger charge is -1.95. The first-order valence-electron chi connectivity index (χ1n) is 3.81. The number of hydrogen-bond acceptors (Lipinski definition) is 6. The van der Waals surface area contributed by atoms with E-state index >= 15 is 0 Å². The molecule has 0 saturated carbocycles. The smallest absolute Gasteiger partial charge is 0.267 e. The topological polar surface area (TPSA) is 80.9 Å². The van der Waals surface area contributed by atoms with Crippen LogP contribution in [0.2, 0.25) is 4.34 Å². The molecule has 0 aliphatic rings. The third-order valence-electron chi connectivity index (χ3n) is 1.46. The average molecular weight is 261 g/mol. The van der Waals surface area contributed by atoms with Gasteiger partial charge in [-0.15, -0.1) is 21.5 Å². The molecule has 2 heterocycles. The number of carbonyl (C=O) groups is 1. The number of rotatable bonds is 2. The zero-order valence-corrected chi connectivity index (χ0v) is 9.62. The van der Waals surface area contributed by atoms with Crippen molar-refractivity contribution in [3.8, 4) is 0 Å². The van der Waals surface area contributed by atoms with E-state index in [9.17, 15) is 4.79 Å². The van der Waals surface area contributed by atoms with Gasteiger partial charge >= 0.3 is 0 Å². The van der Waals surface area contributed by atoms with Gasteiger partial charge in [0.15, 0.2) is 0 Å². The molecule has 1 amide bonds. The van der Waals surface area contributed by atoms with Crippen LogP contribution in [0.15, 0.2) is 12.1 Å². The van der Waals surface area contributed by atoms with E-state index in [1.165, 1.54) is 11.3 Å². The molecule has 0 unspecified atom stereocenters. The number of nitrogen functional groups attached to an aromatic ring is 1. The Morgan fingerprint density at radius 1 is 1.40 bits per heavy atom. The standard InChI is InChI=1S/C7H5ClN4OS2/c8-4-2-1-3(14-4)5(13)10-7-12-11-6(9)15-7/h1-2H,(H2,9,11)(H,10,12,13). The number of halogens is 1. The number of nitrogens with two attached hydrogens (primary N) is 1. The van der Waals surface area contributed by atoms with Gasteiger partial charge in [0.2, 0.25) is 10.3 Å². The third-order valence-corrected chi connectivity index (χ3v) is 3.36. The highest BCUT2D eigenvalue weighted by Gasteiger charge is 2.11. The molecule has 15 heavy (non-hydrogen) atoms. The molecular formula is C7H5ClN4OS2. The van der Waals surface area contributed by atoms with Crippen molar-refractivity contribution in [3.05, 3.63) is 21.3 Å². The summed E-state index contributed by atoms with van der Waals surface area (Å²) in [7, 11) is 0. The zero-order chi connectivity index (χ0) is 10.8. The summed E-state index contributed by atoms with van der Waals surface area (Å²) < 4.78 is 0.567. The number of aromatic nitrogens is 2. The van der Waals surface area contributed by atoms with Gasteiger partial charge in [0.1, 0.15) is 0 Å². The first-order chi connectivity index (χ1) is 7.15. The molecule has 2 aromatic rings. The maximum atomic E-state index is 11.6. The van der Waals surface area contributed by atoms with Crippen LogP contribution in [0.4, 0.5) is 10.3 Å². The molecule has 0 saturated heterocycles. The van der Waals surface area contributed by atoms with E-state index in [1.807, 2.05) is 0 Å². The van der Waals surface area contributed by atoms with Gasteiger partial charge in [0, 0.05) is 0 Å². The van der Waals surface area contributed by atoms with Crippen LogP contribution in [0.3, 0.4) is 0 Å². The largest absolute Gasteiger partial charge is 0.374 e. The quantitative estimate of drug-likeness (QED) is 0.866. The van der Waals surface area contributed by atoms with E-state index in [0.29, 0.717) is 19.5 Å². The molecule has 78 valence electrons. The molecule has 0 radical (unpaired) electrons. The fraction of sp³-hybridized carbons (Fsp3) is 0. The zero-order valence-electron chi connectivity index (χ0n) is 7.23. The number of carbonyl (C=O) groups excluding carboxylic acids is 1. The number of nitrogens with one attached hydrogen (secondary N) is 1. The second-order valence-corrected chi connectivity index (χ2v) is 5.23. The van der Waals surface area contributed by atoms with Gasteiger partial charge in [-0.25, -0.2) is 0 Å². The Morgan fingerprint density at radius 2 is 2.20 bits per heavy atom. The fourth-order valence-electron chi connectivity index (χ4n) is 0.880. The number of amides is 1. The van der Waals surface area contributed by atoms with Gasteiger partial charge in [0.25, 0.3) is 5.91 Å². The SMILES string of the molecule is Nc1nnc(NC(=O)c2ccc(Cl)s2)s1. The number of nitrogens with zero attached hydrogens (tertiary/aromatic N) is 2. The summed E-state index contributed by atoms with van der Waals surface area (Å²) in [6, 6.07) is 3.31. The lowest BCUT2D eigenvalue weighted by molar-refractivity contribution is 0.103. The molecule has 0 aliphatic heterocycles. The maximum Gasteiger partial charge on any atom is 0.267 e. The number of anilines is 2. The molecule has 5 nitrogen and oxygen atoms in total. The molecule has 2 aromatic heterocycles. The first-order valence-corrected chi connectivity index (χ1v) is 5.82. The van der Waals surface area contributed by atoms with Gasteiger partial charge < -0.3 is 5.73 Å². The van der Waals surface area contributed by atoms with E-state index in [1.54, 1.807) is 12.1 Å². The van der Waals surface area contributed by atoms with Gasteiger partial charge in [-0.1, -0.05) is 22.9 Å². The third kappa shape index (κ3) is 2.44. The Balaban J connectivity index is 2.10. The van der Waals surface area contributed by atoms with Crippen LogP contribution < -0.4 is 11.1 Å². The minimum atomic E-state index is -0.261. The van der Waals surface area contributed by atoms with Gasteiger partial charge in [-0.3, -0.25) is 10.1 Å². The highest BCUT2D eigenvalue weighted by Crippen LogP contribution is 2.23. The van der Waals surface area contributed by atoms with Crippen LogP contribution >= 0.6 is 34.3 Å². The van der Waals surface area contributed by atoms with Crippen molar-refractivity contribution in [2.75, 3.05) is 11.1 Å². The molecule has 0 fully saturated rings. The Bertz CT molecular complexity index is 495. The number of hydrogen-bond donors (Lipinski definition) is 2. The van der Waals surface area contributed by atoms with Crippen molar-refractivity contribution in [1.29, 1.82) is 0 Å². The van der Waals surface area contributed by atoms with E-state index < -0.39 is 0 Å². The summed E-state index contributed by atoms with van der Waals surface area (Å²) in [5.41, 5.74) is 5.37. The van der Waals surface area contributed by atoms with Gasteiger partial charge in [0.05, 0.1) is 9.21 Å². The van der Waals surface area contributed by atoms with Crippen LogP contribution in [0.25, 0.3) is 0 Å². The van der Waals surface area contributed by atoms with Crippen LogP contribution in [0.1, 0.15) is 9.67 Å². The molecular weight excluding hydrogens is 256 g/mol. The summed E-state index contributed by atoms with van der Waals surface area (Å²) in [6.45, 7) is 0. The van der Waals surface area contributed by atoms with E-state index in [-0.39, 0.29) is 5.91 Å². The summed E-state index contributed by atoms with van der Waals surface area (Å²) in [6.07, 6.45) is 0. The van der Waals surface area contributed by atoms with Crippen molar-refractivity contribution in [2.45, 2.75) is 0 Å². The number of thiophene rings is 1. The average Bonchev–Trinajstić information content (AvgIpc) is 2.75. The minimum absolute atomic E-state index is 0.261. The predicted octanol–water partition coefficient (Wildman–Crippen LogP) is 2.09. The molecule has 0 aliphatic carbocycles. The van der Waals surface area contributed by atoms with Gasteiger partial charge in [-0.05, 0) is 12.1 Å². The van der Waals surface area contributed by atoms with Crippen LogP contribution in [-0.2, 0) is 0 Å². The summed E-state index contributed by atoms with van der Waals surface area (Å²) in [5, 5.41) is 10.5. The normalized spacial score (nSPS) is 10.2. The molecule has 8 heteroatoms. The lowest BCUT2D eigenvalue weighted by atomic mass is 10.4. The fourth-order valence-corrected chi connectivity index (χ4v) is 2.32. The van der Waals surface area contributed by atoms with Crippen LogP contribution in [0, 0.1) is 0 Å². The van der Waals surface area contributed by atoms with Crippen LogP contribution in [0.5, 0.6) is 0 Å². The summed E-state index contributed by atoms with van der Waals surface area (Å²) in [5.74, 6) is -0.261. The molecule has 0 spiro atoms. The van der Waals surface area contributed by atoms with E-state index in [4.69, 9.17) is 17.3 Å². The molecule has 0 atom stereocenters. The summed E-state index contributed by atoms with van der Waals surface area (Å²) >= 11 is 8.02. The van der Waals surface area contributed by atoms with E-state index in [2.05, 4.69) is 15.5 Å². The minimum Gasteiger partial charge on any atom is -0.374 e. The van der Waals surface area contributed by atoms with Crippen molar-refractivity contribution >= 4 is 50.4 Å².